The van der Waals surface area contributed by atoms with Gasteiger partial charge in [-0.1, -0.05) is 60.1 Å². The Kier molecular flexibility index (Phi) is 7.23. The number of fused-ring (bicyclic) bond motifs is 1. The highest BCUT2D eigenvalue weighted by molar-refractivity contribution is 6.30. The van der Waals surface area contributed by atoms with Crippen LogP contribution in [0, 0.1) is 0 Å². The number of benzene rings is 3. The lowest BCUT2D eigenvalue weighted by atomic mass is 10.1. The van der Waals surface area contributed by atoms with Gasteiger partial charge < -0.3 is 10.2 Å². The van der Waals surface area contributed by atoms with Crippen LogP contribution in [0.1, 0.15) is 27.9 Å². The molecule has 0 atom stereocenters. The van der Waals surface area contributed by atoms with Crippen molar-refractivity contribution in [2.75, 3.05) is 31.5 Å². The second kappa shape index (κ2) is 10.5. The van der Waals surface area contributed by atoms with Crippen LogP contribution in [0.25, 0.3) is 0 Å². The highest BCUT2D eigenvalue weighted by Crippen LogP contribution is 2.20. The molecule has 0 radical (unpaired) electrons. The average Bonchev–Trinajstić information content (AvgIpc) is 2.84. The summed E-state index contributed by atoms with van der Waals surface area (Å²) in [6, 6.07) is 26.0. The Labute approximate surface area is 189 Å². The number of rotatable bonds is 3. The van der Waals surface area contributed by atoms with Crippen molar-refractivity contribution in [1.82, 2.24) is 9.80 Å². The Morgan fingerprint density at radius 2 is 1.61 bits per heavy atom. The van der Waals surface area contributed by atoms with Crippen LogP contribution in [-0.4, -0.2) is 41.9 Å². The van der Waals surface area contributed by atoms with Crippen molar-refractivity contribution in [2.24, 2.45) is 0 Å². The number of nitrogens with zero attached hydrogens (tertiary/aromatic N) is 2. The minimum atomic E-state index is 0.0328. The normalized spacial score (nSPS) is 15.5. The van der Waals surface area contributed by atoms with E-state index in [9.17, 15) is 4.79 Å². The molecule has 1 heterocycles. The average molecular weight is 434 g/mol. The molecule has 3 aromatic carbocycles. The lowest BCUT2D eigenvalue weighted by Crippen LogP contribution is -2.38. The zero-order valence-electron chi connectivity index (χ0n) is 17.6. The van der Waals surface area contributed by atoms with Crippen LogP contribution in [0.15, 0.2) is 78.9 Å². The maximum Gasteiger partial charge on any atom is 0.254 e. The molecular weight excluding hydrogens is 406 g/mol. The summed E-state index contributed by atoms with van der Waals surface area (Å²) in [6.45, 7) is 4.85. The lowest BCUT2D eigenvalue weighted by Gasteiger charge is -2.28. The zero-order chi connectivity index (χ0) is 21.5. The summed E-state index contributed by atoms with van der Waals surface area (Å²) < 4.78 is 0. The van der Waals surface area contributed by atoms with Crippen molar-refractivity contribution in [2.45, 2.75) is 19.5 Å². The van der Waals surface area contributed by atoms with Gasteiger partial charge in [-0.05, 0) is 47.9 Å². The number of carbonyl (C=O) groups is 1. The van der Waals surface area contributed by atoms with Crippen LogP contribution in [0.2, 0.25) is 5.02 Å². The number of anilines is 1. The van der Waals surface area contributed by atoms with Gasteiger partial charge in [0.15, 0.2) is 0 Å². The summed E-state index contributed by atoms with van der Waals surface area (Å²) in [4.78, 5) is 17.8. The second-order valence-corrected chi connectivity index (χ2v) is 8.37. The van der Waals surface area contributed by atoms with Crippen LogP contribution in [0.5, 0.6) is 0 Å². The number of halogens is 1. The van der Waals surface area contributed by atoms with E-state index in [2.05, 4.69) is 46.6 Å². The zero-order valence-corrected chi connectivity index (χ0v) is 18.4. The Hall–Kier alpha value is -2.82. The molecule has 31 heavy (non-hydrogen) atoms. The molecule has 1 N–H and O–H groups in total. The third kappa shape index (κ3) is 5.87. The minimum absolute atomic E-state index is 0.0328. The summed E-state index contributed by atoms with van der Waals surface area (Å²) in [5.41, 5.74) is 4.21. The lowest BCUT2D eigenvalue weighted by molar-refractivity contribution is 0.0720. The van der Waals surface area contributed by atoms with E-state index in [0.29, 0.717) is 23.7 Å². The monoisotopic (exact) mass is 433 g/mol. The third-order valence-electron chi connectivity index (χ3n) is 5.66. The van der Waals surface area contributed by atoms with E-state index in [-0.39, 0.29) is 5.91 Å². The van der Waals surface area contributed by atoms with Gasteiger partial charge in [-0.15, -0.1) is 0 Å². The van der Waals surface area contributed by atoms with E-state index >= 15 is 0 Å². The van der Waals surface area contributed by atoms with E-state index in [1.165, 1.54) is 5.56 Å². The van der Waals surface area contributed by atoms with Crippen LogP contribution < -0.4 is 5.32 Å². The van der Waals surface area contributed by atoms with Crippen molar-refractivity contribution in [1.29, 1.82) is 0 Å². The second-order valence-electron chi connectivity index (χ2n) is 7.93. The Balaban J connectivity index is 1.57. The molecule has 0 aromatic heterocycles. The maximum absolute atomic E-state index is 13.4. The van der Waals surface area contributed by atoms with Crippen molar-refractivity contribution in [3.8, 4) is 0 Å². The van der Waals surface area contributed by atoms with Crippen LogP contribution in [-0.2, 0) is 13.1 Å². The predicted octanol–water partition coefficient (Wildman–Crippen LogP) is 5.30. The van der Waals surface area contributed by atoms with Gasteiger partial charge in [-0.2, -0.15) is 0 Å². The maximum atomic E-state index is 13.4. The van der Waals surface area contributed by atoms with E-state index in [1.54, 1.807) is 12.1 Å². The molecule has 1 amide bonds. The molecule has 4 rings (SSSR count). The minimum Gasteiger partial charge on any atom is -0.385 e. The summed E-state index contributed by atoms with van der Waals surface area (Å²) in [5.74, 6) is 0.0328. The molecule has 0 bridgehead atoms. The topological polar surface area (TPSA) is 35.6 Å². The van der Waals surface area contributed by atoms with Gasteiger partial charge in [0.1, 0.15) is 0 Å². The number of hydrogen-bond donors (Lipinski definition) is 1. The first kappa shape index (κ1) is 21.4. The van der Waals surface area contributed by atoms with Gasteiger partial charge in [0.05, 0.1) is 0 Å². The van der Waals surface area contributed by atoms with E-state index in [4.69, 9.17) is 11.6 Å². The van der Waals surface area contributed by atoms with Crippen LogP contribution >= 0.6 is 11.6 Å². The van der Waals surface area contributed by atoms with Crippen molar-refractivity contribution in [3.05, 3.63) is 101 Å². The van der Waals surface area contributed by atoms with Crippen LogP contribution in [0.4, 0.5) is 5.69 Å². The summed E-state index contributed by atoms with van der Waals surface area (Å²) in [6.07, 6.45) is 1.05. The fourth-order valence-electron chi connectivity index (χ4n) is 3.96. The quantitative estimate of drug-likeness (QED) is 0.608. The van der Waals surface area contributed by atoms with Gasteiger partial charge in [-0.25, -0.2) is 0 Å². The van der Waals surface area contributed by atoms with Gasteiger partial charge >= 0.3 is 0 Å². The first-order chi connectivity index (χ1) is 15.2. The molecule has 0 saturated carbocycles. The Morgan fingerprint density at radius 1 is 0.871 bits per heavy atom. The Bertz CT molecular complexity index is 991. The molecule has 160 valence electrons. The van der Waals surface area contributed by atoms with Crippen molar-refractivity contribution < 1.29 is 4.79 Å². The van der Waals surface area contributed by atoms with Gasteiger partial charge in [0.25, 0.3) is 5.91 Å². The molecule has 0 spiro atoms. The number of carbonyl (C=O) groups excluding carboxylic acids is 1. The standard InChI is InChI=1S/C26H28ClN3O/c27-24-13-11-22(12-14-24)26(31)30-18-17-29(19-21-7-2-1-3-8-21)16-6-15-28-25-10-5-4-9-23(25)20-30/h1-5,7-14,28H,6,15-20H2. The number of hydrogen-bond acceptors (Lipinski definition) is 3. The number of amides is 1. The SMILES string of the molecule is O=C(c1ccc(Cl)cc1)N1CCN(Cc2ccccc2)CCCNc2ccccc2C1. The molecule has 1 aliphatic heterocycles. The summed E-state index contributed by atoms with van der Waals surface area (Å²) >= 11 is 6.03. The number of nitrogens with one attached hydrogen (secondary N) is 1. The van der Waals surface area contributed by atoms with Gasteiger partial charge in [-0.3, -0.25) is 9.69 Å². The molecule has 0 fully saturated rings. The van der Waals surface area contributed by atoms with Crippen LogP contribution in [0.3, 0.4) is 0 Å². The molecule has 0 aliphatic carbocycles. The molecule has 0 unspecified atom stereocenters. The number of para-hydroxylation sites is 1. The fraction of sp³-hybridized carbons (Fsp3) is 0.269. The third-order valence-corrected chi connectivity index (χ3v) is 5.91. The highest BCUT2D eigenvalue weighted by Gasteiger charge is 2.20. The Morgan fingerprint density at radius 3 is 2.42 bits per heavy atom. The molecule has 3 aromatic rings. The van der Waals surface area contributed by atoms with Crippen molar-refractivity contribution >= 4 is 23.2 Å². The molecule has 4 nitrogen and oxygen atoms in total. The molecule has 1 aliphatic rings. The molecule has 5 heteroatoms. The van der Waals surface area contributed by atoms with Crippen molar-refractivity contribution in [3.63, 3.8) is 0 Å². The summed E-state index contributed by atoms with van der Waals surface area (Å²) in [5, 5.41) is 4.21. The highest BCUT2D eigenvalue weighted by atomic mass is 35.5. The first-order valence-corrected chi connectivity index (χ1v) is 11.2. The fourth-order valence-corrected chi connectivity index (χ4v) is 4.09. The van der Waals surface area contributed by atoms with E-state index in [1.807, 2.05) is 35.2 Å². The molecule has 0 saturated heterocycles. The smallest absolute Gasteiger partial charge is 0.254 e. The van der Waals surface area contributed by atoms with Gasteiger partial charge in [0.2, 0.25) is 0 Å². The largest absolute Gasteiger partial charge is 0.385 e. The van der Waals surface area contributed by atoms with Gasteiger partial charge in [0, 0.05) is 55.5 Å². The first-order valence-electron chi connectivity index (χ1n) is 10.8. The molecular formula is C26H28ClN3O. The van der Waals surface area contributed by atoms with E-state index < -0.39 is 0 Å². The predicted molar refractivity (Wildman–Crippen MR) is 127 cm³/mol. The summed E-state index contributed by atoms with van der Waals surface area (Å²) in [7, 11) is 0. The van der Waals surface area contributed by atoms with E-state index in [0.717, 1.165) is 43.9 Å².